The first-order chi connectivity index (χ1) is 18.9. The van der Waals surface area contributed by atoms with Crippen LogP contribution in [0, 0.1) is 46.3 Å². The van der Waals surface area contributed by atoms with Gasteiger partial charge in [-0.1, -0.05) is 6.07 Å². The van der Waals surface area contributed by atoms with Gasteiger partial charge in [-0.25, -0.2) is 9.50 Å². The van der Waals surface area contributed by atoms with Crippen LogP contribution in [0.25, 0.3) is 5.65 Å². The molecule has 10 rings (SSSR count). The lowest BCUT2D eigenvalue weighted by Crippen LogP contribution is -3.11. The number of benzene rings is 1. The van der Waals surface area contributed by atoms with Crippen LogP contribution in [0.15, 0.2) is 36.5 Å². The zero-order chi connectivity index (χ0) is 26.4. The van der Waals surface area contributed by atoms with Crippen LogP contribution in [0.2, 0.25) is 0 Å². The van der Waals surface area contributed by atoms with Crippen LogP contribution in [0.3, 0.4) is 0 Å². The summed E-state index contributed by atoms with van der Waals surface area (Å²) < 4.78 is 6.82. The summed E-state index contributed by atoms with van der Waals surface area (Å²) in [5.41, 5.74) is 2.30. The fourth-order valence-electron chi connectivity index (χ4n) is 9.84. The third-order valence-electron chi connectivity index (χ3n) is 11.0. The Labute approximate surface area is 221 Å². The minimum Gasteiger partial charge on any atom is -0.482 e. The van der Waals surface area contributed by atoms with Crippen LogP contribution < -0.4 is 20.7 Å². The minimum absolute atomic E-state index is 0.0150. The fraction of sp³-hybridized carbons (Fsp3) is 0.429. The summed E-state index contributed by atoms with van der Waals surface area (Å²) in [7, 11) is 0. The number of hydrogen-bond donors (Lipinski definition) is 3. The molecule has 7 aliphatic rings. The van der Waals surface area contributed by atoms with Gasteiger partial charge in [0.2, 0.25) is 0 Å². The topological polar surface area (TPSA) is 144 Å². The number of anilines is 1. The van der Waals surface area contributed by atoms with E-state index in [4.69, 9.17) is 4.74 Å². The summed E-state index contributed by atoms with van der Waals surface area (Å²) in [5, 5.41) is 13.0. The van der Waals surface area contributed by atoms with Gasteiger partial charge in [0.05, 0.1) is 11.9 Å². The summed E-state index contributed by atoms with van der Waals surface area (Å²) >= 11 is 0. The molecular formula is C28H24N6O5. The predicted octanol–water partition coefficient (Wildman–Crippen LogP) is 1.05. The molecule has 0 unspecified atom stereocenters. The van der Waals surface area contributed by atoms with Crippen LogP contribution in [-0.4, -0.2) is 51.3 Å². The Bertz CT molecular complexity index is 1660. The van der Waals surface area contributed by atoms with E-state index in [1.807, 2.05) is 6.07 Å². The Morgan fingerprint density at radius 1 is 1.05 bits per heavy atom. The predicted molar refractivity (Wildman–Crippen MR) is 134 cm³/mol. The molecule has 3 amide bonds. The van der Waals surface area contributed by atoms with Crippen molar-refractivity contribution in [1.29, 1.82) is 0 Å². The number of fused-ring (bicyclic) bond motifs is 2. The van der Waals surface area contributed by atoms with Crippen molar-refractivity contribution >= 4 is 34.8 Å². The SMILES string of the molecule is CC(=O)C12C3C4C1C1C2C3C41CNC(=O)c1cc(C(=O)NCc2ccc3c(c2)NC(=O)CO3)nc2ccnn12. The van der Waals surface area contributed by atoms with Crippen molar-refractivity contribution in [2.24, 2.45) is 46.3 Å². The molecule has 1 aliphatic heterocycles. The summed E-state index contributed by atoms with van der Waals surface area (Å²) in [6.07, 6.45) is 1.55. The van der Waals surface area contributed by atoms with E-state index in [0.717, 1.165) is 5.56 Å². The number of carbonyl (C=O) groups is 4. The number of nitrogens with one attached hydrogen (secondary N) is 3. The van der Waals surface area contributed by atoms with Crippen molar-refractivity contribution in [3.63, 3.8) is 0 Å². The molecule has 0 saturated heterocycles. The monoisotopic (exact) mass is 524 g/mol. The van der Waals surface area contributed by atoms with Crippen molar-refractivity contribution in [1.82, 2.24) is 25.2 Å². The molecule has 6 aliphatic carbocycles. The number of ether oxygens (including phenoxy) is 1. The molecule has 6 fully saturated rings. The van der Waals surface area contributed by atoms with Gasteiger partial charge < -0.3 is 20.7 Å². The first-order valence-corrected chi connectivity index (χ1v) is 13.3. The summed E-state index contributed by atoms with van der Waals surface area (Å²) in [5.74, 6) is 3.45. The highest BCUT2D eigenvalue weighted by Gasteiger charge is 3.10. The number of nitrogens with zero attached hydrogens (tertiary/aromatic N) is 3. The van der Waals surface area contributed by atoms with E-state index in [9.17, 15) is 19.2 Å². The second kappa shape index (κ2) is 6.64. The van der Waals surface area contributed by atoms with E-state index >= 15 is 0 Å². The van der Waals surface area contributed by atoms with E-state index in [1.165, 1.54) is 10.6 Å². The van der Waals surface area contributed by atoms with Crippen LogP contribution in [-0.2, 0) is 16.1 Å². The lowest BCUT2D eigenvalue weighted by molar-refractivity contribution is -0.638. The number of amides is 3. The normalized spacial score (nSPS) is 36.4. The molecule has 3 heterocycles. The highest BCUT2D eigenvalue weighted by Crippen LogP contribution is 3.10. The standard InChI is InChI=1S/C28H24N6O5/c1-11(35)28-22-19-23(28)21-24(28)20(22)27(19,21)10-30-26(38)15-7-14(32-17-4-5-31-34(15)17)25(37)29-8-12-2-3-16-13(6-12)33-18(36)9-39-16/h2-7,19-24H,8-10H2,1H3,(H,29,37)(H,30,38)(H,33,36). The zero-order valence-corrected chi connectivity index (χ0v) is 20.9. The highest BCUT2D eigenvalue weighted by molar-refractivity contribution is 5.99. The molecule has 39 heavy (non-hydrogen) atoms. The van der Waals surface area contributed by atoms with Crippen LogP contribution >= 0.6 is 0 Å². The second-order valence-corrected chi connectivity index (χ2v) is 11.9. The zero-order valence-electron chi connectivity index (χ0n) is 20.9. The van der Waals surface area contributed by atoms with E-state index in [2.05, 4.69) is 26.0 Å². The van der Waals surface area contributed by atoms with Crippen LogP contribution in [0.5, 0.6) is 5.75 Å². The van der Waals surface area contributed by atoms with Gasteiger partial charge in [0.15, 0.2) is 12.3 Å². The van der Waals surface area contributed by atoms with E-state index in [0.29, 0.717) is 64.9 Å². The van der Waals surface area contributed by atoms with Gasteiger partial charge in [-0.2, -0.15) is 5.10 Å². The molecule has 0 atom stereocenters. The Kier molecular flexibility index (Phi) is 3.68. The molecule has 6 saturated carbocycles. The van der Waals surface area contributed by atoms with E-state index in [1.54, 1.807) is 31.3 Å². The molecule has 1 aromatic carbocycles. The van der Waals surface area contributed by atoms with Gasteiger partial charge in [0.25, 0.3) is 17.7 Å². The molecule has 0 radical (unpaired) electrons. The summed E-state index contributed by atoms with van der Waals surface area (Å²) in [4.78, 5) is 54.6. The minimum atomic E-state index is -0.429. The highest BCUT2D eigenvalue weighted by atomic mass is 16.5. The fourth-order valence-corrected chi connectivity index (χ4v) is 9.84. The van der Waals surface area contributed by atoms with Crippen LogP contribution in [0.1, 0.15) is 33.5 Å². The molecule has 2 aromatic heterocycles. The maximum atomic E-state index is 13.4. The Balaban J connectivity index is 0.905. The average Bonchev–Trinajstić information content (AvgIpc) is 3.42. The molecule has 0 spiro atoms. The number of carbonyl (C=O) groups excluding carboxylic acids is 4. The van der Waals surface area contributed by atoms with E-state index < -0.39 is 5.91 Å². The van der Waals surface area contributed by atoms with Crippen LogP contribution in [0.4, 0.5) is 5.69 Å². The molecule has 3 N–H and O–H groups in total. The second-order valence-electron chi connectivity index (χ2n) is 11.9. The number of rotatable bonds is 7. The van der Waals surface area contributed by atoms with Crippen molar-refractivity contribution in [3.8, 4) is 5.75 Å². The lowest BCUT2D eigenvalue weighted by atomic mass is 8.92. The largest absolute Gasteiger partial charge is 0.482 e. The quantitative estimate of drug-likeness (QED) is 0.419. The summed E-state index contributed by atoms with van der Waals surface area (Å²) in [6.45, 7) is 2.54. The van der Waals surface area contributed by atoms with Gasteiger partial charge in [-0.15, -0.1) is 0 Å². The molecule has 0 bridgehead atoms. The summed E-state index contributed by atoms with van der Waals surface area (Å²) in [6, 6.07) is 8.43. The number of hydrogen-bond acceptors (Lipinski definition) is 7. The lowest BCUT2D eigenvalue weighted by Gasteiger charge is -3.11. The van der Waals surface area contributed by atoms with Gasteiger partial charge in [-0.05, 0) is 65.5 Å². The van der Waals surface area contributed by atoms with Crippen molar-refractivity contribution < 1.29 is 23.9 Å². The van der Waals surface area contributed by atoms with Crippen molar-refractivity contribution in [2.75, 3.05) is 18.5 Å². The molecule has 11 heteroatoms. The first-order valence-electron chi connectivity index (χ1n) is 13.3. The Hall–Kier alpha value is -4.28. The first kappa shape index (κ1) is 21.6. The van der Waals surface area contributed by atoms with Gasteiger partial charge in [0.1, 0.15) is 22.9 Å². The average molecular weight is 525 g/mol. The van der Waals surface area contributed by atoms with Crippen molar-refractivity contribution in [3.05, 3.63) is 53.5 Å². The third-order valence-corrected chi connectivity index (χ3v) is 11.0. The number of Topliss-reactive ketones (excluding diaryl/α,β-unsaturated/α-hetero) is 1. The number of aromatic nitrogens is 3. The van der Waals surface area contributed by atoms with E-state index in [-0.39, 0.29) is 47.2 Å². The third kappa shape index (κ3) is 2.18. The molecule has 11 nitrogen and oxygen atoms in total. The molecular weight excluding hydrogens is 500 g/mol. The van der Waals surface area contributed by atoms with Gasteiger partial charge >= 0.3 is 0 Å². The van der Waals surface area contributed by atoms with Crippen molar-refractivity contribution in [2.45, 2.75) is 13.5 Å². The molecule has 3 aromatic rings. The number of ketones is 1. The van der Waals surface area contributed by atoms with Gasteiger partial charge in [0, 0.05) is 30.6 Å². The Morgan fingerprint density at radius 3 is 2.56 bits per heavy atom. The Morgan fingerprint density at radius 2 is 1.82 bits per heavy atom. The van der Waals surface area contributed by atoms with Gasteiger partial charge in [-0.3, -0.25) is 19.2 Å². The maximum Gasteiger partial charge on any atom is 0.270 e. The maximum absolute atomic E-state index is 13.4. The smallest absolute Gasteiger partial charge is 0.270 e. The molecule has 196 valence electrons.